The Bertz CT molecular complexity index is 598. The normalized spacial score (nSPS) is 10.1. The number of halogens is 1. The van der Waals surface area contributed by atoms with E-state index >= 15 is 0 Å². The van der Waals surface area contributed by atoms with Gasteiger partial charge in [-0.2, -0.15) is 4.98 Å². The van der Waals surface area contributed by atoms with Crippen LogP contribution in [0.1, 0.15) is 11.3 Å². The Morgan fingerprint density at radius 3 is 2.80 bits per heavy atom. The zero-order valence-corrected chi connectivity index (χ0v) is 11.4. The van der Waals surface area contributed by atoms with Crippen molar-refractivity contribution in [2.75, 3.05) is 17.2 Å². The van der Waals surface area contributed by atoms with Crippen molar-refractivity contribution in [2.45, 2.75) is 13.5 Å². The SMILES string of the molecule is C=CCNc1cc(C)nc(NCc2ccccc2F)n1. The first-order chi connectivity index (χ1) is 9.69. The van der Waals surface area contributed by atoms with Gasteiger partial charge in [0.05, 0.1) is 0 Å². The van der Waals surface area contributed by atoms with Crippen LogP contribution in [0.5, 0.6) is 0 Å². The Morgan fingerprint density at radius 1 is 1.25 bits per heavy atom. The van der Waals surface area contributed by atoms with Crippen LogP contribution in [-0.4, -0.2) is 16.5 Å². The first-order valence-corrected chi connectivity index (χ1v) is 6.37. The van der Waals surface area contributed by atoms with E-state index in [0.29, 0.717) is 30.4 Å². The first-order valence-electron chi connectivity index (χ1n) is 6.37. The number of aryl methyl sites for hydroxylation is 1. The number of nitrogens with one attached hydrogen (secondary N) is 2. The van der Waals surface area contributed by atoms with Gasteiger partial charge in [-0.05, 0) is 13.0 Å². The molecule has 0 fully saturated rings. The quantitative estimate of drug-likeness (QED) is 0.793. The van der Waals surface area contributed by atoms with Gasteiger partial charge >= 0.3 is 0 Å². The minimum Gasteiger partial charge on any atom is -0.366 e. The zero-order valence-electron chi connectivity index (χ0n) is 11.4. The number of nitrogens with zero attached hydrogens (tertiary/aromatic N) is 2. The maximum atomic E-state index is 13.5. The lowest BCUT2D eigenvalue weighted by molar-refractivity contribution is 0.612. The van der Waals surface area contributed by atoms with Crippen LogP contribution in [0.4, 0.5) is 16.2 Å². The Kier molecular flexibility index (Phi) is 4.65. The number of benzene rings is 1. The smallest absolute Gasteiger partial charge is 0.225 e. The van der Waals surface area contributed by atoms with Gasteiger partial charge in [0.1, 0.15) is 11.6 Å². The highest BCUT2D eigenvalue weighted by atomic mass is 19.1. The lowest BCUT2D eigenvalue weighted by Gasteiger charge is -2.09. The fourth-order valence-electron chi connectivity index (χ4n) is 1.73. The van der Waals surface area contributed by atoms with Crippen molar-refractivity contribution in [3.63, 3.8) is 0 Å². The van der Waals surface area contributed by atoms with Gasteiger partial charge in [0, 0.05) is 30.4 Å². The van der Waals surface area contributed by atoms with Crippen molar-refractivity contribution >= 4 is 11.8 Å². The molecule has 0 aliphatic heterocycles. The summed E-state index contributed by atoms with van der Waals surface area (Å²) in [6, 6.07) is 8.48. The summed E-state index contributed by atoms with van der Waals surface area (Å²) in [5, 5.41) is 6.13. The largest absolute Gasteiger partial charge is 0.366 e. The summed E-state index contributed by atoms with van der Waals surface area (Å²) in [5.74, 6) is 0.950. The predicted molar refractivity (Wildman–Crippen MR) is 79.2 cm³/mol. The summed E-state index contributed by atoms with van der Waals surface area (Å²) in [7, 11) is 0. The van der Waals surface area contributed by atoms with Gasteiger partial charge in [-0.25, -0.2) is 9.37 Å². The zero-order chi connectivity index (χ0) is 14.4. The molecule has 2 N–H and O–H groups in total. The van der Waals surface area contributed by atoms with Crippen LogP contribution in [-0.2, 0) is 6.54 Å². The van der Waals surface area contributed by atoms with Crippen LogP contribution >= 0.6 is 0 Å². The van der Waals surface area contributed by atoms with Crippen LogP contribution < -0.4 is 10.6 Å². The van der Waals surface area contributed by atoms with Crippen LogP contribution in [0.3, 0.4) is 0 Å². The Hall–Kier alpha value is -2.43. The summed E-state index contributed by atoms with van der Waals surface area (Å²) in [6.45, 7) is 6.50. The van der Waals surface area contributed by atoms with E-state index < -0.39 is 0 Å². The fourth-order valence-corrected chi connectivity index (χ4v) is 1.73. The van der Waals surface area contributed by atoms with Crippen molar-refractivity contribution in [2.24, 2.45) is 0 Å². The van der Waals surface area contributed by atoms with E-state index in [1.807, 2.05) is 13.0 Å². The van der Waals surface area contributed by atoms with Crippen molar-refractivity contribution in [1.82, 2.24) is 9.97 Å². The third kappa shape index (κ3) is 3.78. The van der Waals surface area contributed by atoms with E-state index in [-0.39, 0.29) is 5.82 Å². The summed E-state index contributed by atoms with van der Waals surface area (Å²) < 4.78 is 13.5. The van der Waals surface area contributed by atoms with Crippen molar-refractivity contribution in [3.8, 4) is 0 Å². The molecule has 0 spiro atoms. The third-order valence-corrected chi connectivity index (χ3v) is 2.68. The molecule has 5 heteroatoms. The monoisotopic (exact) mass is 272 g/mol. The van der Waals surface area contributed by atoms with Gasteiger partial charge in [-0.1, -0.05) is 24.3 Å². The van der Waals surface area contributed by atoms with Crippen LogP contribution in [0, 0.1) is 12.7 Å². The molecule has 2 rings (SSSR count). The molecule has 0 radical (unpaired) electrons. The minimum absolute atomic E-state index is 0.238. The topological polar surface area (TPSA) is 49.8 Å². The molecule has 2 aromatic rings. The molecule has 0 bridgehead atoms. The molecule has 1 aromatic carbocycles. The second-order valence-corrected chi connectivity index (χ2v) is 4.33. The highest BCUT2D eigenvalue weighted by Crippen LogP contribution is 2.12. The maximum Gasteiger partial charge on any atom is 0.225 e. The maximum absolute atomic E-state index is 13.5. The van der Waals surface area contributed by atoms with E-state index in [0.717, 1.165) is 5.69 Å². The lowest BCUT2D eigenvalue weighted by Crippen LogP contribution is -2.08. The van der Waals surface area contributed by atoms with E-state index in [9.17, 15) is 4.39 Å². The number of anilines is 2. The van der Waals surface area contributed by atoms with Gasteiger partial charge in [0.25, 0.3) is 0 Å². The van der Waals surface area contributed by atoms with Gasteiger partial charge < -0.3 is 10.6 Å². The van der Waals surface area contributed by atoms with Gasteiger partial charge in [0.15, 0.2) is 0 Å². The predicted octanol–water partition coefficient (Wildman–Crippen LogP) is 3.13. The Morgan fingerprint density at radius 2 is 2.05 bits per heavy atom. The molecule has 4 nitrogen and oxygen atoms in total. The fraction of sp³-hybridized carbons (Fsp3) is 0.200. The highest BCUT2D eigenvalue weighted by molar-refractivity contribution is 5.42. The van der Waals surface area contributed by atoms with Crippen LogP contribution in [0.15, 0.2) is 43.0 Å². The summed E-state index contributed by atoms with van der Waals surface area (Å²) in [6.07, 6.45) is 1.75. The molecule has 1 aromatic heterocycles. The van der Waals surface area contributed by atoms with Crippen LogP contribution in [0.2, 0.25) is 0 Å². The summed E-state index contributed by atoms with van der Waals surface area (Å²) in [5.41, 5.74) is 1.42. The van der Waals surface area contributed by atoms with E-state index in [1.165, 1.54) is 6.07 Å². The molecule has 0 unspecified atom stereocenters. The van der Waals surface area contributed by atoms with Gasteiger partial charge in [0.2, 0.25) is 5.95 Å². The molecule has 0 aliphatic rings. The molecular weight excluding hydrogens is 255 g/mol. The Balaban J connectivity index is 2.07. The molecule has 0 saturated heterocycles. The second-order valence-electron chi connectivity index (χ2n) is 4.33. The molecular formula is C15H17FN4. The van der Waals surface area contributed by atoms with E-state index in [1.54, 1.807) is 24.3 Å². The van der Waals surface area contributed by atoms with Crippen molar-refractivity contribution in [3.05, 3.63) is 60.1 Å². The summed E-state index contributed by atoms with van der Waals surface area (Å²) >= 11 is 0. The average Bonchev–Trinajstić information content (AvgIpc) is 2.44. The Labute approximate surface area is 117 Å². The molecule has 20 heavy (non-hydrogen) atoms. The summed E-state index contributed by atoms with van der Waals surface area (Å²) in [4.78, 5) is 8.59. The van der Waals surface area contributed by atoms with E-state index in [4.69, 9.17) is 0 Å². The third-order valence-electron chi connectivity index (χ3n) is 2.68. The van der Waals surface area contributed by atoms with Crippen LogP contribution in [0.25, 0.3) is 0 Å². The molecule has 104 valence electrons. The second kappa shape index (κ2) is 6.65. The van der Waals surface area contributed by atoms with Gasteiger partial charge in [-0.3, -0.25) is 0 Å². The average molecular weight is 272 g/mol. The number of aromatic nitrogens is 2. The molecule has 0 saturated carbocycles. The van der Waals surface area contributed by atoms with E-state index in [2.05, 4.69) is 27.2 Å². The molecule has 0 amide bonds. The minimum atomic E-state index is -0.238. The van der Waals surface area contributed by atoms with Crippen molar-refractivity contribution in [1.29, 1.82) is 0 Å². The lowest BCUT2D eigenvalue weighted by atomic mass is 10.2. The standard InChI is InChI=1S/C15H17FN4/c1-3-8-17-14-9-11(2)19-15(20-14)18-10-12-6-4-5-7-13(12)16/h3-7,9H,1,8,10H2,2H3,(H2,17,18,19,20). The van der Waals surface area contributed by atoms with Gasteiger partial charge in [-0.15, -0.1) is 6.58 Å². The number of hydrogen-bond acceptors (Lipinski definition) is 4. The first kappa shape index (κ1) is 14.0. The molecule has 1 heterocycles. The number of hydrogen-bond donors (Lipinski definition) is 2. The number of rotatable bonds is 6. The molecule has 0 aliphatic carbocycles. The van der Waals surface area contributed by atoms with Crippen molar-refractivity contribution < 1.29 is 4.39 Å². The molecule has 0 atom stereocenters. The highest BCUT2D eigenvalue weighted by Gasteiger charge is 2.04.